The lowest BCUT2D eigenvalue weighted by Crippen LogP contribution is -2.39. The fourth-order valence-electron chi connectivity index (χ4n) is 2.45. The second-order valence-electron chi connectivity index (χ2n) is 4.53. The monoisotopic (exact) mass is 240 g/mol. The molecular weight excluding hydrogens is 223 g/mol. The average molecular weight is 240 g/mol. The van der Waals surface area contributed by atoms with Crippen molar-refractivity contribution >= 4 is 0 Å². The number of hydrogen-bond donors (Lipinski definition) is 1. The van der Waals surface area contributed by atoms with Gasteiger partial charge in [0.25, 0.3) is 0 Å². The largest absolute Gasteiger partial charge is 0.508 e. The van der Waals surface area contributed by atoms with E-state index in [1.54, 1.807) is 13.2 Å². The van der Waals surface area contributed by atoms with Gasteiger partial charge in [-0.15, -0.1) is 0 Å². The number of methoxy groups -OCH3 is 1. The van der Waals surface area contributed by atoms with Crippen LogP contribution in [0.15, 0.2) is 18.2 Å². The highest BCUT2D eigenvalue weighted by Gasteiger charge is 2.37. The van der Waals surface area contributed by atoms with E-state index in [1.807, 2.05) is 6.92 Å². The number of phenols is 1. The third kappa shape index (κ3) is 2.42. The van der Waals surface area contributed by atoms with E-state index < -0.39 is 11.4 Å². The summed E-state index contributed by atoms with van der Waals surface area (Å²) in [7, 11) is 1.61. The Bertz CT molecular complexity index is 387. The van der Waals surface area contributed by atoms with E-state index in [-0.39, 0.29) is 11.9 Å². The van der Waals surface area contributed by atoms with Crippen molar-refractivity contribution in [2.24, 2.45) is 0 Å². The molecule has 0 spiro atoms. The van der Waals surface area contributed by atoms with E-state index >= 15 is 0 Å². The summed E-state index contributed by atoms with van der Waals surface area (Å²) in [5.74, 6) is -0.522. The minimum absolute atomic E-state index is 0.0640. The van der Waals surface area contributed by atoms with Crippen molar-refractivity contribution in [3.63, 3.8) is 0 Å². The molecule has 17 heavy (non-hydrogen) atoms. The van der Waals surface area contributed by atoms with E-state index in [0.29, 0.717) is 25.0 Å². The predicted octanol–water partition coefficient (Wildman–Crippen LogP) is 2.57. The molecule has 0 bridgehead atoms. The quantitative estimate of drug-likeness (QED) is 0.863. The van der Waals surface area contributed by atoms with Crippen molar-refractivity contribution in [3.05, 3.63) is 29.6 Å². The molecule has 0 aliphatic carbocycles. The molecule has 2 rings (SSSR count). The number of halogens is 1. The Morgan fingerprint density at radius 1 is 1.47 bits per heavy atom. The summed E-state index contributed by atoms with van der Waals surface area (Å²) in [5, 5.41) is 9.47. The van der Waals surface area contributed by atoms with Crippen LogP contribution in [0.1, 0.15) is 25.3 Å². The molecule has 3 nitrogen and oxygen atoms in total. The van der Waals surface area contributed by atoms with Gasteiger partial charge in [-0.25, -0.2) is 4.39 Å². The summed E-state index contributed by atoms with van der Waals surface area (Å²) in [5.41, 5.74) is 0.115. The highest BCUT2D eigenvalue weighted by molar-refractivity contribution is 5.33. The van der Waals surface area contributed by atoms with Gasteiger partial charge in [-0.1, -0.05) is 0 Å². The molecule has 1 heterocycles. The normalized spacial score (nSPS) is 29.2. The smallest absolute Gasteiger partial charge is 0.127 e. The molecule has 1 aliphatic heterocycles. The second kappa shape index (κ2) is 4.63. The Kier molecular flexibility index (Phi) is 3.35. The van der Waals surface area contributed by atoms with Crippen molar-refractivity contribution in [2.75, 3.05) is 13.7 Å². The summed E-state index contributed by atoms with van der Waals surface area (Å²) < 4.78 is 24.4. The second-order valence-corrected chi connectivity index (χ2v) is 4.53. The van der Waals surface area contributed by atoms with E-state index in [4.69, 9.17) is 9.47 Å². The minimum atomic E-state index is -0.558. The van der Waals surface area contributed by atoms with Crippen LogP contribution in [0.5, 0.6) is 5.75 Å². The van der Waals surface area contributed by atoms with E-state index in [2.05, 4.69) is 0 Å². The van der Waals surface area contributed by atoms with Gasteiger partial charge in [-0.2, -0.15) is 0 Å². The van der Waals surface area contributed by atoms with Crippen LogP contribution in [-0.4, -0.2) is 24.9 Å². The van der Waals surface area contributed by atoms with E-state index in [9.17, 15) is 9.50 Å². The summed E-state index contributed by atoms with van der Waals surface area (Å²) in [6, 6.07) is 4.07. The number of phenolic OH excluding ortho intramolecular Hbond substituents is 1. The number of aromatic hydroxyl groups is 1. The van der Waals surface area contributed by atoms with Crippen LogP contribution < -0.4 is 0 Å². The van der Waals surface area contributed by atoms with Crippen molar-refractivity contribution in [1.29, 1.82) is 0 Å². The maximum Gasteiger partial charge on any atom is 0.127 e. The first kappa shape index (κ1) is 12.3. The highest BCUT2D eigenvalue weighted by Crippen LogP contribution is 2.39. The Morgan fingerprint density at radius 2 is 2.24 bits per heavy atom. The molecule has 0 amide bonds. The van der Waals surface area contributed by atoms with Gasteiger partial charge in [0.1, 0.15) is 11.6 Å². The Hall–Kier alpha value is -1.13. The van der Waals surface area contributed by atoms with Gasteiger partial charge in [0.05, 0.1) is 18.3 Å². The highest BCUT2D eigenvalue weighted by atomic mass is 19.1. The lowest BCUT2D eigenvalue weighted by Gasteiger charge is -2.39. The number of benzene rings is 1. The molecule has 0 radical (unpaired) electrons. The van der Waals surface area contributed by atoms with Gasteiger partial charge in [0, 0.05) is 26.0 Å². The van der Waals surface area contributed by atoms with Gasteiger partial charge in [0.15, 0.2) is 0 Å². The average Bonchev–Trinajstić information content (AvgIpc) is 2.27. The van der Waals surface area contributed by atoms with E-state index in [0.717, 1.165) is 6.07 Å². The molecule has 1 aromatic rings. The zero-order valence-electron chi connectivity index (χ0n) is 10.1. The number of rotatable bonds is 2. The van der Waals surface area contributed by atoms with Gasteiger partial charge >= 0.3 is 0 Å². The molecule has 1 N–H and O–H groups in total. The van der Waals surface area contributed by atoms with Crippen molar-refractivity contribution in [2.45, 2.75) is 31.5 Å². The number of ether oxygens (including phenoxy) is 2. The molecule has 1 aliphatic rings. The van der Waals surface area contributed by atoms with E-state index in [1.165, 1.54) is 6.07 Å². The zero-order valence-corrected chi connectivity index (χ0v) is 10.1. The molecule has 2 atom stereocenters. The fraction of sp³-hybridized carbons (Fsp3) is 0.538. The van der Waals surface area contributed by atoms with Crippen molar-refractivity contribution < 1.29 is 19.0 Å². The standard InChI is InChI=1S/C13H17FO3/c1-9-8-13(16-2,3-4-17-9)10-5-11(14)7-12(15)6-10/h5-7,9,15H,3-4,8H2,1-2H3/t9-,13-/m1/s1. The molecule has 1 aromatic carbocycles. The molecular formula is C13H17FO3. The van der Waals surface area contributed by atoms with Gasteiger partial charge in [0.2, 0.25) is 0 Å². The maximum absolute atomic E-state index is 13.3. The fourth-order valence-corrected chi connectivity index (χ4v) is 2.45. The van der Waals surface area contributed by atoms with Crippen LogP contribution >= 0.6 is 0 Å². The molecule has 94 valence electrons. The van der Waals surface area contributed by atoms with Gasteiger partial charge in [-0.3, -0.25) is 0 Å². The number of hydrogen-bond acceptors (Lipinski definition) is 3. The summed E-state index contributed by atoms with van der Waals surface area (Å²) in [6.45, 7) is 2.54. The van der Waals surface area contributed by atoms with Crippen LogP contribution in [0.25, 0.3) is 0 Å². The first-order chi connectivity index (χ1) is 8.05. The predicted molar refractivity (Wildman–Crippen MR) is 61.4 cm³/mol. The van der Waals surface area contributed by atoms with Crippen LogP contribution in [0.3, 0.4) is 0 Å². The molecule has 0 unspecified atom stereocenters. The van der Waals surface area contributed by atoms with Crippen LogP contribution in [-0.2, 0) is 15.1 Å². The topological polar surface area (TPSA) is 38.7 Å². The summed E-state index contributed by atoms with van der Waals surface area (Å²) in [4.78, 5) is 0. The van der Waals surface area contributed by atoms with Gasteiger partial charge < -0.3 is 14.6 Å². The lowest BCUT2D eigenvalue weighted by atomic mass is 9.83. The summed E-state index contributed by atoms with van der Waals surface area (Å²) >= 11 is 0. The third-order valence-electron chi connectivity index (χ3n) is 3.32. The van der Waals surface area contributed by atoms with Crippen molar-refractivity contribution in [1.82, 2.24) is 0 Å². The molecule has 0 saturated carbocycles. The first-order valence-corrected chi connectivity index (χ1v) is 5.72. The zero-order chi connectivity index (χ0) is 12.5. The van der Waals surface area contributed by atoms with Crippen LogP contribution in [0, 0.1) is 5.82 Å². The molecule has 1 fully saturated rings. The third-order valence-corrected chi connectivity index (χ3v) is 3.32. The minimum Gasteiger partial charge on any atom is -0.508 e. The van der Waals surface area contributed by atoms with Crippen LogP contribution in [0.4, 0.5) is 4.39 Å². The Balaban J connectivity index is 2.39. The molecule has 0 aromatic heterocycles. The molecule has 1 saturated heterocycles. The summed E-state index contributed by atoms with van der Waals surface area (Å²) in [6.07, 6.45) is 1.39. The Labute approximate surface area is 100 Å². The SMILES string of the molecule is CO[C@]1(c2cc(O)cc(F)c2)CCO[C@H](C)C1. The molecule has 4 heteroatoms. The van der Waals surface area contributed by atoms with Gasteiger partial charge in [-0.05, 0) is 24.6 Å². The Morgan fingerprint density at radius 3 is 2.82 bits per heavy atom. The maximum atomic E-state index is 13.3. The van der Waals surface area contributed by atoms with Crippen LogP contribution in [0.2, 0.25) is 0 Å². The lowest BCUT2D eigenvalue weighted by molar-refractivity contribution is -0.122. The first-order valence-electron chi connectivity index (χ1n) is 5.72. The van der Waals surface area contributed by atoms with Crippen molar-refractivity contribution in [3.8, 4) is 5.75 Å².